The summed E-state index contributed by atoms with van der Waals surface area (Å²) in [6.07, 6.45) is 0. The molecule has 0 aliphatic rings. The van der Waals surface area contributed by atoms with Gasteiger partial charge in [0.05, 0.1) is 22.7 Å². The lowest BCUT2D eigenvalue weighted by molar-refractivity contribution is 1.02. The summed E-state index contributed by atoms with van der Waals surface area (Å²) in [6.45, 7) is 2.99. The smallest absolute Gasteiger partial charge is 0.0991 e. The molecule has 0 saturated carbocycles. The van der Waals surface area contributed by atoms with E-state index < -0.39 is 0 Å². The molecular weight excluding hydrogens is 366 g/mol. The van der Waals surface area contributed by atoms with Crippen LogP contribution >= 0.6 is 0 Å². The monoisotopic (exact) mass is 387 g/mol. The molecule has 5 aromatic rings. The number of anilines is 2. The van der Waals surface area contributed by atoms with Crippen molar-refractivity contribution in [1.82, 2.24) is 4.57 Å². The predicted molar refractivity (Wildman–Crippen MR) is 125 cm³/mol. The van der Waals surface area contributed by atoms with Gasteiger partial charge in [-0.1, -0.05) is 36.4 Å². The van der Waals surface area contributed by atoms with Crippen LogP contribution in [-0.2, 0) is 0 Å². The molecule has 0 N–H and O–H groups in total. The van der Waals surface area contributed by atoms with Crippen molar-refractivity contribution in [3.63, 3.8) is 0 Å². The molecule has 4 aromatic carbocycles. The lowest BCUT2D eigenvalue weighted by Crippen LogP contribution is -2.15. The molecule has 0 bridgehead atoms. The van der Waals surface area contributed by atoms with Crippen molar-refractivity contribution in [2.45, 2.75) is 6.92 Å². The minimum Gasteiger partial charge on any atom is -0.342 e. The number of fused-ring (bicyclic) bond motifs is 3. The molecule has 5 rings (SSSR count). The van der Waals surface area contributed by atoms with Gasteiger partial charge in [-0.25, -0.2) is 0 Å². The first-order valence-corrected chi connectivity index (χ1v) is 10.2. The second-order valence-electron chi connectivity index (χ2n) is 7.29. The molecule has 0 atom stereocenters. The molecule has 0 radical (unpaired) electrons. The molecule has 144 valence electrons. The van der Waals surface area contributed by atoms with Gasteiger partial charge in [-0.15, -0.1) is 0 Å². The van der Waals surface area contributed by atoms with Crippen LogP contribution in [0.4, 0.5) is 11.4 Å². The van der Waals surface area contributed by atoms with Crippen LogP contribution in [0.5, 0.6) is 0 Å². The van der Waals surface area contributed by atoms with E-state index in [4.69, 9.17) is 5.26 Å². The average Bonchev–Trinajstić information content (AvgIpc) is 3.14. The number of benzene rings is 4. The standard InChI is InChI=1S/C27H21N3/c1-2-29(21-14-12-20(19-28)13-15-21)23-16-17-27-25(18-23)24-10-6-7-11-26(24)30(27)22-8-4-3-5-9-22/h3-18H,2H2,1H3. The van der Waals surface area contributed by atoms with Gasteiger partial charge in [0.15, 0.2) is 0 Å². The normalized spacial score (nSPS) is 10.9. The fourth-order valence-electron chi connectivity index (χ4n) is 4.21. The van der Waals surface area contributed by atoms with Crippen LogP contribution in [0.3, 0.4) is 0 Å². The molecule has 1 heterocycles. The molecule has 30 heavy (non-hydrogen) atoms. The molecule has 0 aliphatic carbocycles. The van der Waals surface area contributed by atoms with Crippen molar-refractivity contribution < 1.29 is 0 Å². The van der Waals surface area contributed by atoms with Crippen molar-refractivity contribution >= 4 is 33.2 Å². The fraction of sp³-hybridized carbons (Fsp3) is 0.0741. The van der Waals surface area contributed by atoms with E-state index in [0.29, 0.717) is 5.56 Å². The summed E-state index contributed by atoms with van der Waals surface area (Å²) in [7, 11) is 0. The summed E-state index contributed by atoms with van der Waals surface area (Å²) in [6, 6.07) is 35.7. The molecule has 0 fully saturated rings. The first-order valence-electron chi connectivity index (χ1n) is 10.2. The van der Waals surface area contributed by atoms with E-state index in [9.17, 15) is 0 Å². The molecule has 0 amide bonds. The van der Waals surface area contributed by atoms with Gasteiger partial charge in [0.2, 0.25) is 0 Å². The Balaban J connectivity index is 1.71. The summed E-state index contributed by atoms with van der Waals surface area (Å²) in [5.74, 6) is 0. The largest absolute Gasteiger partial charge is 0.342 e. The highest BCUT2D eigenvalue weighted by atomic mass is 15.1. The molecule has 3 nitrogen and oxygen atoms in total. The summed E-state index contributed by atoms with van der Waals surface area (Å²) in [4.78, 5) is 2.27. The third-order valence-corrected chi connectivity index (χ3v) is 5.61. The zero-order valence-corrected chi connectivity index (χ0v) is 16.8. The van der Waals surface area contributed by atoms with E-state index in [0.717, 1.165) is 23.6 Å². The zero-order chi connectivity index (χ0) is 20.5. The summed E-state index contributed by atoms with van der Waals surface area (Å²) < 4.78 is 2.33. The zero-order valence-electron chi connectivity index (χ0n) is 16.8. The molecule has 0 saturated heterocycles. The number of rotatable bonds is 4. The third-order valence-electron chi connectivity index (χ3n) is 5.61. The highest BCUT2D eigenvalue weighted by Gasteiger charge is 2.14. The predicted octanol–water partition coefficient (Wildman–Crippen LogP) is 6.81. The van der Waals surface area contributed by atoms with Crippen molar-refractivity contribution in [2.24, 2.45) is 0 Å². The van der Waals surface area contributed by atoms with E-state index in [1.807, 2.05) is 30.3 Å². The second kappa shape index (κ2) is 7.42. The van der Waals surface area contributed by atoms with E-state index >= 15 is 0 Å². The van der Waals surface area contributed by atoms with Gasteiger partial charge in [-0.3, -0.25) is 0 Å². The van der Waals surface area contributed by atoms with Gasteiger partial charge in [-0.05, 0) is 67.6 Å². The quantitative estimate of drug-likeness (QED) is 0.339. The van der Waals surface area contributed by atoms with Gasteiger partial charge in [0.1, 0.15) is 0 Å². The minimum atomic E-state index is 0.677. The van der Waals surface area contributed by atoms with Crippen molar-refractivity contribution in [3.05, 3.63) is 103 Å². The van der Waals surface area contributed by atoms with Gasteiger partial charge >= 0.3 is 0 Å². The Morgan fingerprint density at radius 3 is 2.13 bits per heavy atom. The van der Waals surface area contributed by atoms with Crippen molar-refractivity contribution in [1.29, 1.82) is 5.26 Å². The Bertz CT molecular complexity index is 1370. The van der Waals surface area contributed by atoms with Crippen LogP contribution in [0, 0.1) is 11.3 Å². The first kappa shape index (κ1) is 18.0. The Morgan fingerprint density at radius 1 is 0.733 bits per heavy atom. The Kier molecular flexibility index (Phi) is 4.46. The SMILES string of the molecule is CCN(c1ccc(C#N)cc1)c1ccc2c(c1)c1ccccc1n2-c1ccccc1. The molecule has 0 aliphatic heterocycles. The van der Waals surface area contributed by atoms with Crippen LogP contribution in [-0.4, -0.2) is 11.1 Å². The van der Waals surface area contributed by atoms with Gasteiger partial charge < -0.3 is 9.47 Å². The summed E-state index contributed by atoms with van der Waals surface area (Å²) in [5.41, 5.74) is 6.47. The molecule has 3 heteroatoms. The highest BCUT2D eigenvalue weighted by Crippen LogP contribution is 2.36. The average molecular weight is 387 g/mol. The number of aromatic nitrogens is 1. The Hall–Kier alpha value is -4.03. The van der Waals surface area contributed by atoms with E-state index in [1.54, 1.807) is 0 Å². The van der Waals surface area contributed by atoms with Crippen LogP contribution in [0.15, 0.2) is 97.1 Å². The van der Waals surface area contributed by atoms with Crippen molar-refractivity contribution in [3.8, 4) is 11.8 Å². The minimum absolute atomic E-state index is 0.677. The molecule has 0 spiro atoms. The first-order chi connectivity index (χ1) is 14.8. The lowest BCUT2D eigenvalue weighted by atomic mass is 10.1. The Labute approximate surface area is 176 Å². The third kappa shape index (κ3) is 2.91. The number of hydrogen-bond donors (Lipinski definition) is 0. The highest BCUT2D eigenvalue weighted by molar-refractivity contribution is 6.10. The van der Waals surface area contributed by atoms with Gasteiger partial charge in [0, 0.05) is 34.4 Å². The van der Waals surface area contributed by atoms with E-state index in [2.05, 4.69) is 89.2 Å². The van der Waals surface area contributed by atoms with Crippen LogP contribution < -0.4 is 4.90 Å². The van der Waals surface area contributed by atoms with Gasteiger partial charge in [0.25, 0.3) is 0 Å². The number of para-hydroxylation sites is 2. The molecular formula is C27H21N3. The van der Waals surface area contributed by atoms with Gasteiger partial charge in [-0.2, -0.15) is 5.26 Å². The second-order valence-corrected chi connectivity index (χ2v) is 7.29. The van der Waals surface area contributed by atoms with Crippen LogP contribution in [0.25, 0.3) is 27.5 Å². The number of nitriles is 1. The maximum atomic E-state index is 9.09. The molecule has 1 aromatic heterocycles. The Morgan fingerprint density at radius 2 is 1.40 bits per heavy atom. The summed E-state index contributed by atoms with van der Waals surface area (Å²) >= 11 is 0. The van der Waals surface area contributed by atoms with Crippen LogP contribution in [0.2, 0.25) is 0 Å². The maximum absolute atomic E-state index is 9.09. The van der Waals surface area contributed by atoms with Crippen LogP contribution in [0.1, 0.15) is 12.5 Å². The number of nitrogens with zero attached hydrogens (tertiary/aromatic N) is 3. The topological polar surface area (TPSA) is 32.0 Å². The van der Waals surface area contributed by atoms with E-state index in [1.165, 1.54) is 21.8 Å². The molecule has 0 unspecified atom stereocenters. The fourth-order valence-corrected chi connectivity index (χ4v) is 4.21. The summed E-state index contributed by atoms with van der Waals surface area (Å²) in [5, 5.41) is 11.6. The van der Waals surface area contributed by atoms with E-state index in [-0.39, 0.29) is 0 Å². The maximum Gasteiger partial charge on any atom is 0.0991 e. The number of hydrogen-bond acceptors (Lipinski definition) is 2. The van der Waals surface area contributed by atoms with Crippen molar-refractivity contribution in [2.75, 3.05) is 11.4 Å². The lowest BCUT2D eigenvalue weighted by Gasteiger charge is -2.23.